The number of aromatic hydroxyl groups is 1. The van der Waals surface area contributed by atoms with Gasteiger partial charge in [0.25, 0.3) is 5.56 Å². The minimum absolute atomic E-state index is 0.0613. The van der Waals surface area contributed by atoms with Crippen molar-refractivity contribution in [2.24, 2.45) is 0 Å². The van der Waals surface area contributed by atoms with E-state index < -0.39 is 0 Å². The van der Waals surface area contributed by atoms with Gasteiger partial charge in [0.15, 0.2) is 0 Å². The van der Waals surface area contributed by atoms with Gasteiger partial charge in [-0.25, -0.2) is 0 Å². The summed E-state index contributed by atoms with van der Waals surface area (Å²) in [7, 11) is 1.91. The predicted molar refractivity (Wildman–Crippen MR) is 110 cm³/mol. The van der Waals surface area contributed by atoms with Gasteiger partial charge in [0.1, 0.15) is 11.5 Å². The van der Waals surface area contributed by atoms with Crippen LogP contribution in [0, 0.1) is 0 Å². The Morgan fingerprint density at radius 2 is 1.96 bits per heavy atom. The number of benzene rings is 1. The van der Waals surface area contributed by atoms with Gasteiger partial charge in [-0.15, -0.1) is 0 Å². The summed E-state index contributed by atoms with van der Waals surface area (Å²) in [5.74, 6) is 0.847. The lowest BCUT2D eigenvalue weighted by Gasteiger charge is -2.31. The van der Waals surface area contributed by atoms with Gasteiger partial charge in [-0.05, 0) is 44.4 Å². The average Bonchev–Trinajstić information content (AvgIpc) is 2.72. The maximum Gasteiger partial charge on any atom is 0.251 e. The number of ether oxygens (including phenoxy) is 1. The summed E-state index contributed by atoms with van der Waals surface area (Å²) in [5.41, 5.74) is 0.333. The van der Waals surface area contributed by atoms with E-state index >= 15 is 0 Å². The van der Waals surface area contributed by atoms with Gasteiger partial charge in [-0.3, -0.25) is 9.59 Å². The molecule has 1 aliphatic rings. The molecule has 0 aliphatic heterocycles. The number of amides is 1. The molecule has 1 saturated carbocycles. The number of phenols is 1. The van der Waals surface area contributed by atoms with Crippen molar-refractivity contribution in [2.45, 2.75) is 64.5 Å². The van der Waals surface area contributed by atoms with Crippen molar-refractivity contribution in [3.63, 3.8) is 0 Å². The predicted octanol–water partition coefficient (Wildman–Crippen LogP) is 3.68. The first-order valence-corrected chi connectivity index (χ1v) is 10.3. The highest BCUT2D eigenvalue weighted by molar-refractivity contribution is 5.90. The topological polar surface area (TPSA) is 71.8 Å². The van der Waals surface area contributed by atoms with Crippen LogP contribution < -0.4 is 10.3 Å². The molecule has 1 amide bonds. The molecule has 152 valence electrons. The average molecular weight is 386 g/mol. The second kappa shape index (κ2) is 9.13. The highest BCUT2D eigenvalue weighted by atomic mass is 16.5. The largest absolute Gasteiger partial charge is 0.506 e. The molecule has 0 saturated heterocycles. The van der Waals surface area contributed by atoms with E-state index in [1.54, 1.807) is 18.2 Å². The van der Waals surface area contributed by atoms with Gasteiger partial charge in [0.2, 0.25) is 5.91 Å². The number of phenolic OH excluding ortho intramolecular Hbond substituents is 1. The molecule has 0 atom stereocenters. The zero-order chi connectivity index (χ0) is 20.1. The molecular formula is C22H30N2O4. The van der Waals surface area contributed by atoms with Crippen molar-refractivity contribution >= 4 is 16.8 Å². The number of hydrogen-bond acceptors (Lipinski definition) is 4. The molecule has 0 bridgehead atoms. The van der Waals surface area contributed by atoms with Gasteiger partial charge in [0.05, 0.1) is 12.1 Å². The van der Waals surface area contributed by atoms with E-state index in [2.05, 4.69) is 0 Å². The highest BCUT2D eigenvalue weighted by Gasteiger charge is 2.21. The summed E-state index contributed by atoms with van der Waals surface area (Å²) >= 11 is 0. The molecule has 0 radical (unpaired) electrons. The van der Waals surface area contributed by atoms with Crippen LogP contribution in [0.3, 0.4) is 0 Å². The lowest BCUT2D eigenvalue weighted by Crippen LogP contribution is -2.38. The zero-order valence-corrected chi connectivity index (χ0v) is 16.8. The number of carbonyl (C=O) groups is 1. The number of nitrogens with zero attached hydrogens (tertiary/aromatic N) is 2. The third kappa shape index (κ3) is 4.32. The molecule has 6 nitrogen and oxygen atoms in total. The van der Waals surface area contributed by atoms with E-state index in [0.717, 1.165) is 12.8 Å². The second-order valence-electron chi connectivity index (χ2n) is 7.51. The Hall–Kier alpha value is -2.50. The monoisotopic (exact) mass is 386 g/mol. The molecule has 0 unspecified atom stereocenters. The van der Waals surface area contributed by atoms with Crippen LogP contribution >= 0.6 is 0 Å². The fraction of sp³-hybridized carbons (Fsp3) is 0.545. The molecule has 1 aromatic heterocycles. The lowest BCUT2D eigenvalue weighted by atomic mass is 9.94. The van der Waals surface area contributed by atoms with Crippen LogP contribution in [0.5, 0.6) is 11.5 Å². The van der Waals surface area contributed by atoms with Crippen LogP contribution in [0.25, 0.3) is 10.9 Å². The molecular weight excluding hydrogens is 356 g/mol. The molecule has 6 heteroatoms. The van der Waals surface area contributed by atoms with Crippen LogP contribution in [0.4, 0.5) is 0 Å². The fourth-order valence-corrected chi connectivity index (χ4v) is 4.07. The van der Waals surface area contributed by atoms with E-state index in [9.17, 15) is 14.7 Å². The van der Waals surface area contributed by atoms with Gasteiger partial charge < -0.3 is 19.3 Å². The van der Waals surface area contributed by atoms with Crippen molar-refractivity contribution in [1.29, 1.82) is 0 Å². The number of carbonyl (C=O) groups excluding carboxylic acids is 1. The van der Waals surface area contributed by atoms with E-state index in [0.29, 0.717) is 48.7 Å². The Labute approximate surface area is 165 Å². The maximum atomic E-state index is 12.4. The van der Waals surface area contributed by atoms with Crippen LogP contribution in [0.1, 0.15) is 51.9 Å². The van der Waals surface area contributed by atoms with E-state index in [1.165, 1.54) is 29.9 Å². The van der Waals surface area contributed by atoms with Gasteiger partial charge in [-0.2, -0.15) is 0 Å². The number of hydrogen-bond donors (Lipinski definition) is 1. The first-order chi connectivity index (χ1) is 13.5. The van der Waals surface area contributed by atoms with Crippen LogP contribution in [-0.2, 0) is 11.3 Å². The minimum Gasteiger partial charge on any atom is -0.506 e. The summed E-state index contributed by atoms with van der Waals surface area (Å²) in [4.78, 5) is 26.4. The Morgan fingerprint density at radius 3 is 2.68 bits per heavy atom. The zero-order valence-electron chi connectivity index (χ0n) is 16.8. The van der Waals surface area contributed by atoms with Crippen LogP contribution in [-0.4, -0.2) is 40.2 Å². The van der Waals surface area contributed by atoms with E-state index in [4.69, 9.17) is 4.74 Å². The smallest absolute Gasteiger partial charge is 0.251 e. The first kappa shape index (κ1) is 20.2. The van der Waals surface area contributed by atoms with Crippen molar-refractivity contribution in [2.75, 3.05) is 13.7 Å². The maximum absolute atomic E-state index is 12.4. The number of fused-ring (bicyclic) bond motifs is 1. The molecule has 2 aromatic rings. The summed E-state index contributed by atoms with van der Waals surface area (Å²) in [6.45, 7) is 2.74. The van der Waals surface area contributed by atoms with Gasteiger partial charge in [0, 0.05) is 37.5 Å². The Morgan fingerprint density at radius 1 is 1.21 bits per heavy atom. The SMILES string of the molecule is CCn1c(=O)ccc2c(OCCCC(=O)N(C)C3CCCCC3)ccc(O)c21. The van der Waals surface area contributed by atoms with Crippen LogP contribution in [0.2, 0.25) is 0 Å². The molecule has 0 spiro atoms. The summed E-state index contributed by atoms with van der Waals surface area (Å²) in [5, 5.41) is 10.9. The molecule has 1 heterocycles. The minimum atomic E-state index is -0.154. The van der Waals surface area contributed by atoms with Crippen molar-refractivity contribution in [1.82, 2.24) is 9.47 Å². The summed E-state index contributed by atoms with van der Waals surface area (Å²) < 4.78 is 7.42. The van der Waals surface area contributed by atoms with Crippen molar-refractivity contribution < 1.29 is 14.6 Å². The third-order valence-corrected chi connectivity index (χ3v) is 5.71. The molecule has 1 fully saturated rings. The molecule has 1 N–H and O–H groups in total. The number of aryl methyl sites for hydroxylation is 1. The Bertz CT molecular complexity index is 884. The number of rotatable bonds is 7. The summed E-state index contributed by atoms with van der Waals surface area (Å²) in [6, 6.07) is 6.81. The standard InChI is InChI=1S/C22H30N2O4/c1-3-24-21(27)14-11-17-19(13-12-18(25)22(17)24)28-15-7-10-20(26)23(2)16-8-5-4-6-9-16/h11-14,16,25H,3-10,15H2,1-2H3. The molecule has 28 heavy (non-hydrogen) atoms. The third-order valence-electron chi connectivity index (χ3n) is 5.71. The Kier molecular flexibility index (Phi) is 6.60. The first-order valence-electron chi connectivity index (χ1n) is 10.3. The second-order valence-corrected chi connectivity index (χ2v) is 7.51. The molecule has 1 aliphatic carbocycles. The van der Waals surface area contributed by atoms with Crippen molar-refractivity contribution in [3.05, 3.63) is 34.6 Å². The van der Waals surface area contributed by atoms with E-state index in [1.807, 2.05) is 18.9 Å². The normalized spacial score (nSPS) is 14.9. The molecule has 1 aromatic carbocycles. The summed E-state index contributed by atoms with van der Waals surface area (Å²) in [6.07, 6.45) is 7.01. The highest BCUT2D eigenvalue weighted by Crippen LogP contribution is 2.31. The van der Waals surface area contributed by atoms with Crippen molar-refractivity contribution in [3.8, 4) is 11.5 Å². The van der Waals surface area contributed by atoms with Gasteiger partial charge >= 0.3 is 0 Å². The molecule has 3 rings (SSSR count). The van der Waals surface area contributed by atoms with Crippen LogP contribution in [0.15, 0.2) is 29.1 Å². The quantitative estimate of drug-likeness (QED) is 0.737. The number of pyridine rings is 1. The Balaban J connectivity index is 1.61. The number of aromatic nitrogens is 1. The lowest BCUT2D eigenvalue weighted by molar-refractivity contribution is -0.132. The van der Waals surface area contributed by atoms with E-state index in [-0.39, 0.29) is 17.2 Å². The fourth-order valence-electron chi connectivity index (χ4n) is 4.07. The van der Waals surface area contributed by atoms with Gasteiger partial charge in [-0.1, -0.05) is 19.3 Å².